The van der Waals surface area contributed by atoms with Crippen LogP contribution >= 0.6 is 0 Å². The van der Waals surface area contributed by atoms with Crippen LogP contribution in [0.15, 0.2) is 0 Å². The van der Waals surface area contributed by atoms with Gasteiger partial charge in [-0.1, -0.05) is 19.3 Å². The molecule has 1 aliphatic heterocycles. The third-order valence-corrected chi connectivity index (χ3v) is 2.81. The Morgan fingerprint density at radius 1 is 1.21 bits per heavy atom. The molecule has 4 heteroatoms. The van der Waals surface area contributed by atoms with Gasteiger partial charge in [-0.05, 0) is 12.8 Å². The number of rotatable bonds is 2. The van der Waals surface area contributed by atoms with E-state index in [1.807, 2.05) is 0 Å². The minimum absolute atomic E-state index is 0.0152. The van der Waals surface area contributed by atoms with Gasteiger partial charge in [-0.2, -0.15) is 0 Å². The van der Waals surface area contributed by atoms with Crippen molar-refractivity contribution in [3.8, 4) is 0 Å². The fraction of sp³-hybridized carbons (Fsp3) is 0.900. The van der Waals surface area contributed by atoms with E-state index < -0.39 is 0 Å². The Bertz CT molecular complexity index is 198. The second kappa shape index (κ2) is 4.64. The molecule has 1 heterocycles. The minimum Gasteiger partial charge on any atom is -0.441 e. The largest absolute Gasteiger partial charge is 0.441 e. The quantitative estimate of drug-likeness (QED) is 0.732. The highest BCUT2D eigenvalue weighted by Gasteiger charge is 2.24. The summed E-state index contributed by atoms with van der Waals surface area (Å²) < 4.78 is 10.0. The lowest BCUT2D eigenvalue weighted by Crippen LogP contribution is -2.44. The van der Waals surface area contributed by atoms with E-state index in [1.54, 1.807) is 0 Å². The first-order valence-electron chi connectivity index (χ1n) is 5.39. The third-order valence-electron chi connectivity index (χ3n) is 2.81. The van der Waals surface area contributed by atoms with Gasteiger partial charge >= 0.3 is 6.09 Å². The topological polar surface area (TPSA) is 47.6 Å². The summed E-state index contributed by atoms with van der Waals surface area (Å²) in [6.45, 7) is 1.11. The molecule has 0 spiro atoms. The normalized spacial score (nSPS) is 24.0. The molecule has 0 atom stereocenters. The highest BCUT2D eigenvalue weighted by Crippen LogP contribution is 2.17. The summed E-state index contributed by atoms with van der Waals surface area (Å²) in [6.07, 6.45) is 5.63. The number of amides is 1. The lowest BCUT2D eigenvalue weighted by Gasteiger charge is -2.28. The summed E-state index contributed by atoms with van der Waals surface area (Å²) in [5.41, 5.74) is 0. The van der Waals surface area contributed by atoms with Crippen LogP contribution < -0.4 is 5.32 Å². The van der Waals surface area contributed by atoms with Crippen LogP contribution in [0.2, 0.25) is 0 Å². The highest BCUT2D eigenvalue weighted by molar-refractivity contribution is 5.67. The Hall–Kier alpha value is -0.770. The smallest absolute Gasteiger partial charge is 0.407 e. The van der Waals surface area contributed by atoms with Crippen molar-refractivity contribution in [2.24, 2.45) is 0 Å². The molecular formula is C10H17NO3. The molecule has 0 aromatic carbocycles. The summed E-state index contributed by atoms with van der Waals surface area (Å²) in [5.74, 6) is 0. The molecule has 4 nitrogen and oxygen atoms in total. The van der Waals surface area contributed by atoms with Crippen molar-refractivity contribution in [2.75, 3.05) is 13.2 Å². The van der Waals surface area contributed by atoms with Crippen LogP contribution in [0.4, 0.5) is 4.79 Å². The molecule has 2 rings (SSSR count). The van der Waals surface area contributed by atoms with Gasteiger partial charge in [0.05, 0.1) is 13.2 Å². The maximum absolute atomic E-state index is 11.3. The van der Waals surface area contributed by atoms with Crippen LogP contribution in [0.5, 0.6) is 0 Å². The predicted octanol–water partition coefficient (Wildman–Crippen LogP) is 1.44. The number of hydrogen-bond donors (Lipinski definition) is 1. The molecule has 0 aromatic heterocycles. The Balaban J connectivity index is 1.64. The zero-order valence-electron chi connectivity index (χ0n) is 8.33. The molecule has 0 radical (unpaired) electrons. The Morgan fingerprint density at radius 2 is 1.93 bits per heavy atom. The van der Waals surface area contributed by atoms with Crippen molar-refractivity contribution in [2.45, 2.75) is 44.2 Å². The van der Waals surface area contributed by atoms with Crippen molar-refractivity contribution < 1.29 is 14.3 Å². The van der Waals surface area contributed by atoms with Gasteiger partial charge in [0.25, 0.3) is 0 Å². The van der Waals surface area contributed by atoms with E-state index in [0.29, 0.717) is 19.3 Å². The van der Waals surface area contributed by atoms with Gasteiger partial charge in [0.1, 0.15) is 0 Å². The maximum Gasteiger partial charge on any atom is 0.407 e. The van der Waals surface area contributed by atoms with Crippen LogP contribution in [-0.4, -0.2) is 31.5 Å². The number of nitrogens with one attached hydrogen (secondary N) is 1. The third kappa shape index (κ3) is 2.61. The van der Waals surface area contributed by atoms with Crippen molar-refractivity contribution in [3.05, 3.63) is 0 Å². The van der Waals surface area contributed by atoms with E-state index in [0.717, 1.165) is 12.8 Å². The standard InChI is InChI=1S/C10H17NO3/c12-10(14-9-6-13-7-9)11-8-4-2-1-3-5-8/h8-9H,1-7H2,(H,11,12). The van der Waals surface area contributed by atoms with E-state index in [9.17, 15) is 4.79 Å². The molecule has 2 aliphatic rings. The van der Waals surface area contributed by atoms with Crippen LogP contribution in [0, 0.1) is 0 Å². The van der Waals surface area contributed by atoms with E-state index in [1.165, 1.54) is 19.3 Å². The van der Waals surface area contributed by atoms with Crippen LogP contribution in [0.25, 0.3) is 0 Å². The summed E-state index contributed by atoms with van der Waals surface area (Å²) >= 11 is 0. The number of alkyl carbamates (subject to hydrolysis) is 1. The number of carbonyl (C=O) groups is 1. The molecule has 1 aliphatic carbocycles. The molecule has 2 fully saturated rings. The molecule has 1 saturated heterocycles. The molecule has 1 N–H and O–H groups in total. The van der Waals surface area contributed by atoms with Crippen molar-refractivity contribution in [3.63, 3.8) is 0 Å². The van der Waals surface area contributed by atoms with Gasteiger partial charge < -0.3 is 14.8 Å². The zero-order valence-corrected chi connectivity index (χ0v) is 8.33. The average Bonchev–Trinajstić information content (AvgIpc) is 2.13. The number of carbonyl (C=O) groups excluding carboxylic acids is 1. The van der Waals surface area contributed by atoms with E-state index in [-0.39, 0.29) is 12.2 Å². The van der Waals surface area contributed by atoms with Gasteiger partial charge in [0.2, 0.25) is 0 Å². The Labute approximate surface area is 84.0 Å². The zero-order chi connectivity index (χ0) is 9.80. The molecule has 80 valence electrons. The molecule has 0 aromatic rings. The predicted molar refractivity (Wildman–Crippen MR) is 51.1 cm³/mol. The van der Waals surface area contributed by atoms with Crippen molar-refractivity contribution >= 4 is 6.09 Å². The average molecular weight is 199 g/mol. The highest BCUT2D eigenvalue weighted by atomic mass is 16.6. The van der Waals surface area contributed by atoms with Gasteiger partial charge in [0, 0.05) is 6.04 Å². The van der Waals surface area contributed by atoms with E-state index in [2.05, 4.69) is 5.32 Å². The Kier molecular flexibility index (Phi) is 3.24. The van der Waals surface area contributed by atoms with Gasteiger partial charge in [0.15, 0.2) is 6.10 Å². The molecule has 14 heavy (non-hydrogen) atoms. The molecule has 0 bridgehead atoms. The number of hydrogen-bond acceptors (Lipinski definition) is 3. The fourth-order valence-electron chi connectivity index (χ4n) is 1.88. The minimum atomic E-state index is -0.273. The van der Waals surface area contributed by atoms with Gasteiger partial charge in [-0.15, -0.1) is 0 Å². The van der Waals surface area contributed by atoms with E-state index in [4.69, 9.17) is 9.47 Å². The van der Waals surface area contributed by atoms with Gasteiger partial charge in [-0.25, -0.2) is 4.79 Å². The van der Waals surface area contributed by atoms with Crippen LogP contribution in [0.1, 0.15) is 32.1 Å². The lowest BCUT2D eigenvalue weighted by molar-refractivity contribution is -0.0985. The first kappa shape index (κ1) is 9.77. The maximum atomic E-state index is 11.3. The molecule has 0 unspecified atom stereocenters. The summed E-state index contributed by atoms with van der Waals surface area (Å²) in [4.78, 5) is 11.3. The lowest BCUT2D eigenvalue weighted by atomic mass is 9.96. The van der Waals surface area contributed by atoms with Crippen LogP contribution in [-0.2, 0) is 9.47 Å². The fourth-order valence-corrected chi connectivity index (χ4v) is 1.88. The van der Waals surface area contributed by atoms with Crippen molar-refractivity contribution in [1.29, 1.82) is 0 Å². The summed E-state index contributed by atoms with van der Waals surface area (Å²) in [5, 5.41) is 2.90. The summed E-state index contributed by atoms with van der Waals surface area (Å²) in [6, 6.07) is 0.331. The Morgan fingerprint density at radius 3 is 2.50 bits per heavy atom. The summed E-state index contributed by atoms with van der Waals surface area (Å²) in [7, 11) is 0. The second-order valence-electron chi connectivity index (χ2n) is 4.04. The van der Waals surface area contributed by atoms with Crippen LogP contribution in [0.3, 0.4) is 0 Å². The van der Waals surface area contributed by atoms with E-state index >= 15 is 0 Å². The monoisotopic (exact) mass is 199 g/mol. The molecule has 1 saturated carbocycles. The first-order valence-corrected chi connectivity index (χ1v) is 5.39. The second-order valence-corrected chi connectivity index (χ2v) is 4.04. The first-order chi connectivity index (χ1) is 6.84. The van der Waals surface area contributed by atoms with Crippen molar-refractivity contribution in [1.82, 2.24) is 5.32 Å². The number of ether oxygens (including phenoxy) is 2. The molecular weight excluding hydrogens is 182 g/mol. The SMILES string of the molecule is O=C(NC1CCCCC1)OC1COC1. The molecule has 1 amide bonds. The van der Waals surface area contributed by atoms with Gasteiger partial charge in [-0.3, -0.25) is 0 Å².